The maximum Gasteiger partial charge on any atom is 0.305 e. The van der Waals surface area contributed by atoms with Gasteiger partial charge in [-0.1, -0.05) is 13.8 Å². The molecule has 0 saturated heterocycles. The Kier molecular flexibility index (Phi) is 5.15. The fourth-order valence-corrected chi connectivity index (χ4v) is 2.47. The zero-order valence-corrected chi connectivity index (χ0v) is 10.8. The van der Waals surface area contributed by atoms with E-state index in [0.717, 1.165) is 12.0 Å². The van der Waals surface area contributed by atoms with E-state index in [-0.39, 0.29) is 18.4 Å². The summed E-state index contributed by atoms with van der Waals surface area (Å²) in [5, 5.41) is 13.4. The van der Waals surface area contributed by atoms with Crippen molar-refractivity contribution in [1.82, 2.24) is 5.32 Å². The number of carboxylic acids is 1. The minimum absolute atomic E-state index is 0.0327. The number of carbonyl (C=O) groups is 2. The van der Waals surface area contributed by atoms with Crippen molar-refractivity contribution < 1.29 is 14.7 Å². The van der Waals surface area contributed by atoms with Crippen LogP contribution in [-0.4, -0.2) is 23.0 Å². The van der Waals surface area contributed by atoms with Crippen molar-refractivity contribution in [3.8, 4) is 0 Å². The molecule has 17 heavy (non-hydrogen) atoms. The van der Waals surface area contributed by atoms with Crippen molar-refractivity contribution in [1.29, 1.82) is 0 Å². The van der Waals surface area contributed by atoms with E-state index in [9.17, 15) is 9.59 Å². The van der Waals surface area contributed by atoms with E-state index in [1.807, 2.05) is 25.3 Å². The van der Waals surface area contributed by atoms with Crippen LogP contribution in [0.4, 0.5) is 0 Å². The van der Waals surface area contributed by atoms with Crippen molar-refractivity contribution in [2.24, 2.45) is 0 Å². The van der Waals surface area contributed by atoms with Crippen LogP contribution < -0.4 is 5.32 Å². The Balaban J connectivity index is 2.67. The molecule has 1 rings (SSSR count). The van der Waals surface area contributed by atoms with E-state index in [0.29, 0.717) is 11.3 Å². The van der Waals surface area contributed by atoms with E-state index >= 15 is 0 Å². The van der Waals surface area contributed by atoms with Gasteiger partial charge >= 0.3 is 5.97 Å². The third-order valence-corrected chi connectivity index (χ3v) is 3.54. The molecule has 0 saturated carbocycles. The van der Waals surface area contributed by atoms with Gasteiger partial charge in [0.15, 0.2) is 0 Å². The average Bonchev–Trinajstić information content (AvgIpc) is 2.75. The van der Waals surface area contributed by atoms with E-state index < -0.39 is 5.97 Å². The minimum atomic E-state index is -0.890. The largest absolute Gasteiger partial charge is 0.481 e. The molecule has 1 amide bonds. The Bertz CT molecular complexity index is 400. The number of hydrogen-bond donors (Lipinski definition) is 2. The lowest BCUT2D eigenvalue weighted by Gasteiger charge is -2.14. The van der Waals surface area contributed by atoms with Crippen LogP contribution in [0.15, 0.2) is 11.4 Å². The molecular formula is C12H17NO3S. The number of aliphatic carboxylic acids is 1. The number of hydrogen-bond acceptors (Lipinski definition) is 3. The van der Waals surface area contributed by atoms with Crippen molar-refractivity contribution in [3.05, 3.63) is 21.9 Å². The van der Waals surface area contributed by atoms with Gasteiger partial charge in [0.2, 0.25) is 0 Å². The maximum absolute atomic E-state index is 11.9. The van der Waals surface area contributed by atoms with Crippen molar-refractivity contribution >= 4 is 23.2 Å². The van der Waals surface area contributed by atoms with Gasteiger partial charge in [0, 0.05) is 6.04 Å². The predicted molar refractivity (Wildman–Crippen MR) is 67.5 cm³/mol. The molecule has 0 aliphatic rings. The van der Waals surface area contributed by atoms with Crippen LogP contribution in [0, 0.1) is 0 Å². The van der Waals surface area contributed by atoms with Gasteiger partial charge in [-0.25, -0.2) is 0 Å². The van der Waals surface area contributed by atoms with Crippen LogP contribution in [0.2, 0.25) is 0 Å². The van der Waals surface area contributed by atoms with Crippen molar-refractivity contribution in [3.63, 3.8) is 0 Å². The zero-order chi connectivity index (χ0) is 12.8. The summed E-state index contributed by atoms with van der Waals surface area (Å²) in [6, 6.07) is 1.63. The first-order chi connectivity index (χ1) is 8.08. The van der Waals surface area contributed by atoms with Crippen LogP contribution >= 0.6 is 11.3 Å². The molecular weight excluding hydrogens is 238 g/mol. The summed E-state index contributed by atoms with van der Waals surface area (Å²) in [7, 11) is 0. The summed E-state index contributed by atoms with van der Waals surface area (Å²) in [5.41, 5.74) is 1.01. The minimum Gasteiger partial charge on any atom is -0.481 e. The molecule has 0 aromatic carbocycles. The van der Waals surface area contributed by atoms with Gasteiger partial charge in [0.05, 0.1) is 11.3 Å². The highest BCUT2D eigenvalue weighted by Crippen LogP contribution is 2.17. The summed E-state index contributed by atoms with van der Waals surface area (Å²) in [4.78, 5) is 23.2. The topological polar surface area (TPSA) is 66.4 Å². The molecule has 1 unspecified atom stereocenters. The SMILES string of the molecule is CCc1ccsc1C(=O)NC(CC)CC(=O)O. The Morgan fingerprint density at radius 3 is 2.71 bits per heavy atom. The molecule has 0 radical (unpaired) electrons. The predicted octanol–water partition coefficient (Wildman–Crippen LogP) is 2.29. The fourth-order valence-electron chi connectivity index (χ4n) is 1.57. The molecule has 94 valence electrons. The Morgan fingerprint density at radius 2 is 2.18 bits per heavy atom. The summed E-state index contributed by atoms with van der Waals surface area (Å²) in [6.45, 7) is 3.86. The van der Waals surface area contributed by atoms with Crippen LogP contribution in [0.5, 0.6) is 0 Å². The van der Waals surface area contributed by atoms with Crippen molar-refractivity contribution in [2.75, 3.05) is 0 Å². The number of aryl methyl sites for hydroxylation is 1. The molecule has 0 aliphatic heterocycles. The van der Waals surface area contributed by atoms with E-state index in [1.54, 1.807) is 0 Å². The normalized spacial score (nSPS) is 12.1. The molecule has 1 aromatic rings. The number of rotatable bonds is 6. The highest BCUT2D eigenvalue weighted by molar-refractivity contribution is 7.12. The molecule has 1 heterocycles. The standard InChI is InChI=1S/C12H17NO3S/c1-3-8-5-6-17-11(8)12(16)13-9(4-2)7-10(14)15/h5-6,9H,3-4,7H2,1-2H3,(H,13,16)(H,14,15). The molecule has 1 atom stereocenters. The van der Waals surface area contributed by atoms with Gasteiger partial charge in [-0.2, -0.15) is 0 Å². The monoisotopic (exact) mass is 255 g/mol. The molecule has 5 heteroatoms. The second kappa shape index (κ2) is 6.39. The summed E-state index contributed by atoms with van der Waals surface area (Å²) in [6.07, 6.45) is 1.39. The first kappa shape index (κ1) is 13.7. The summed E-state index contributed by atoms with van der Waals surface area (Å²) >= 11 is 1.39. The number of amides is 1. The van der Waals surface area contributed by atoms with E-state index in [1.165, 1.54) is 11.3 Å². The molecule has 0 bridgehead atoms. The summed E-state index contributed by atoms with van der Waals surface area (Å²) < 4.78 is 0. The van der Waals surface area contributed by atoms with Gasteiger partial charge in [-0.15, -0.1) is 11.3 Å². The van der Waals surface area contributed by atoms with Gasteiger partial charge < -0.3 is 10.4 Å². The van der Waals surface area contributed by atoms with Crippen LogP contribution in [0.3, 0.4) is 0 Å². The Hall–Kier alpha value is -1.36. The lowest BCUT2D eigenvalue weighted by atomic mass is 10.1. The Morgan fingerprint density at radius 1 is 1.47 bits per heavy atom. The molecule has 1 aromatic heterocycles. The number of nitrogens with one attached hydrogen (secondary N) is 1. The highest BCUT2D eigenvalue weighted by atomic mass is 32.1. The number of thiophene rings is 1. The Labute approximate surface area is 105 Å². The lowest BCUT2D eigenvalue weighted by Crippen LogP contribution is -2.36. The molecule has 4 nitrogen and oxygen atoms in total. The average molecular weight is 255 g/mol. The van der Waals surface area contributed by atoms with Gasteiger partial charge in [0.25, 0.3) is 5.91 Å². The second-order valence-corrected chi connectivity index (χ2v) is 4.72. The molecule has 2 N–H and O–H groups in total. The quantitative estimate of drug-likeness (QED) is 0.819. The van der Waals surface area contributed by atoms with Crippen LogP contribution in [0.25, 0.3) is 0 Å². The van der Waals surface area contributed by atoms with E-state index in [4.69, 9.17) is 5.11 Å². The van der Waals surface area contributed by atoms with E-state index in [2.05, 4.69) is 5.32 Å². The number of carbonyl (C=O) groups excluding carboxylic acids is 1. The van der Waals surface area contributed by atoms with Crippen molar-refractivity contribution in [2.45, 2.75) is 39.2 Å². The first-order valence-electron chi connectivity index (χ1n) is 5.67. The first-order valence-corrected chi connectivity index (χ1v) is 6.55. The second-order valence-electron chi connectivity index (χ2n) is 3.81. The smallest absolute Gasteiger partial charge is 0.305 e. The molecule has 0 aliphatic carbocycles. The molecule has 0 fully saturated rings. The zero-order valence-electron chi connectivity index (χ0n) is 10.0. The molecule has 0 spiro atoms. The van der Waals surface area contributed by atoms with Crippen LogP contribution in [-0.2, 0) is 11.2 Å². The number of carboxylic acid groups (broad SMARTS) is 1. The third kappa shape index (κ3) is 3.85. The fraction of sp³-hybridized carbons (Fsp3) is 0.500. The van der Waals surface area contributed by atoms with Gasteiger partial charge in [0.1, 0.15) is 0 Å². The highest BCUT2D eigenvalue weighted by Gasteiger charge is 2.17. The van der Waals surface area contributed by atoms with Gasteiger partial charge in [-0.3, -0.25) is 9.59 Å². The van der Waals surface area contributed by atoms with Crippen LogP contribution in [0.1, 0.15) is 41.9 Å². The maximum atomic E-state index is 11.9. The van der Waals surface area contributed by atoms with Gasteiger partial charge in [-0.05, 0) is 29.9 Å². The lowest BCUT2D eigenvalue weighted by molar-refractivity contribution is -0.137. The third-order valence-electron chi connectivity index (χ3n) is 2.58. The summed E-state index contributed by atoms with van der Waals surface area (Å²) in [5.74, 6) is -1.05.